The summed E-state index contributed by atoms with van der Waals surface area (Å²) in [5, 5.41) is 15.2. The van der Waals surface area contributed by atoms with E-state index in [2.05, 4.69) is 24.5 Å². The number of carbonyl (C=O) groups is 2. The van der Waals surface area contributed by atoms with Crippen LogP contribution in [-0.4, -0.2) is 29.7 Å². The topological polar surface area (TPSA) is 78.4 Å². The van der Waals surface area contributed by atoms with Gasteiger partial charge in [-0.2, -0.15) is 0 Å². The van der Waals surface area contributed by atoms with Crippen LogP contribution in [0.2, 0.25) is 0 Å². The highest BCUT2D eigenvalue weighted by Crippen LogP contribution is 2.37. The molecule has 3 N–H and O–H groups in total. The fourth-order valence-corrected chi connectivity index (χ4v) is 4.07. The summed E-state index contributed by atoms with van der Waals surface area (Å²) in [6.07, 6.45) is 6.46. The second-order valence-electron chi connectivity index (χ2n) is 7.23. The Labute approximate surface area is 126 Å². The second kappa shape index (κ2) is 6.67. The number of urea groups is 1. The summed E-state index contributed by atoms with van der Waals surface area (Å²) in [5.74, 6) is 0.499. The standard InChI is InChI=1S/C16H28N2O3/c1-11-7-12(2)9-13(8-11)18-15(21)17-10-16(14(19)20)5-3-4-6-16/h11-13H,3-10H2,1-2H3,(H,19,20)(H2,17,18,21). The molecule has 0 saturated heterocycles. The second-order valence-corrected chi connectivity index (χ2v) is 7.23. The quantitative estimate of drug-likeness (QED) is 0.746. The SMILES string of the molecule is CC1CC(C)CC(NC(=O)NCC2(C(=O)O)CCCC2)C1. The average molecular weight is 296 g/mol. The van der Waals surface area contributed by atoms with Crippen LogP contribution in [0.15, 0.2) is 0 Å². The minimum atomic E-state index is -0.778. The zero-order chi connectivity index (χ0) is 15.5. The zero-order valence-corrected chi connectivity index (χ0v) is 13.2. The van der Waals surface area contributed by atoms with Crippen molar-refractivity contribution < 1.29 is 14.7 Å². The number of amides is 2. The van der Waals surface area contributed by atoms with E-state index in [1.807, 2.05) is 0 Å². The van der Waals surface area contributed by atoms with Gasteiger partial charge in [0.25, 0.3) is 0 Å². The van der Waals surface area contributed by atoms with Gasteiger partial charge in [-0.1, -0.05) is 26.7 Å². The van der Waals surface area contributed by atoms with Gasteiger partial charge in [-0.25, -0.2) is 4.79 Å². The number of nitrogens with one attached hydrogen (secondary N) is 2. The van der Waals surface area contributed by atoms with Crippen molar-refractivity contribution in [2.75, 3.05) is 6.54 Å². The highest BCUT2D eigenvalue weighted by molar-refractivity contribution is 5.78. The Kier molecular flexibility index (Phi) is 5.12. The third-order valence-electron chi connectivity index (χ3n) is 5.12. The van der Waals surface area contributed by atoms with E-state index in [0.717, 1.165) is 25.7 Å². The molecule has 0 heterocycles. The van der Waals surface area contributed by atoms with Gasteiger partial charge in [0.2, 0.25) is 0 Å². The number of hydrogen-bond acceptors (Lipinski definition) is 2. The molecule has 2 aliphatic carbocycles. The molecule has 120 valence electrons. The fourth-order valence-electron chi connectivity index (χ4n) is 4.07. The minimum absolute atomic E-state index is 0.214. The molecule has 0 aromatic heterocycles. The van der Waals surface area contributed by atoms with Crippen molar-refractivity contribution in [3.05, 3.63) is 0 Å². The Balaban J connectivity index is 1.80. The first-order valence-corrected chi connectivity index (χ1v) is 8.19. The molecule has 2 amide bonds. The number of carbonyl (C=O) groups excluding carboxylic acids is 1. The van der Waals surface area contributed by atoms with Gasteiger partial charge in [-0.15, -0.1) is 0 Å². The Hall–Kier alpha value is -1.26. The third-order valence-corrected chi connectivity index (χ3v) is 5.12. The van der Waals surface area contributed by atoms with Crippen LogP contribution in [0.5, 0.6) is 0 Å². The van der Waals surface area contributed by atoms with E-state index in [9.17, 15) is 14.7 Å². The van der Waals surface area contributed by atoms with Crippen molar-refractivity contribution in [1.82, 2.24) is 10.6 Å². The maximum atomic E-state index is 12.0. The molecule has 2 rings (SSSR count). The van der Waals surface area contributed by atoms with Crippen LogP contribution in [-0.2, 0) is 4.79 Å². The van der Waals surface area contributed by atoms with E-state index in [1.165, 1.54) is 6.42 Å². The van der Waals surface area contributed by atoms with Crippen molar-refractivity contribution >= 4 is 12.0 Å². The van der Waals surface area contributed by atoms with Crippen molar-refractivity contribution in [1.29, 1.82) is 0 Å². The average Bonchev–Trinajstić information content (AvgIpc) is 2.85. The first-order valence-electron chi connectivity index (χ1n) is 8.19. The number of carboxylic acids is 1. The van der Waals surface area contributed by atoms with Crippen molar-refractivity contribution in [2.24, 2.45) is 17.3 Å². The van der Waals surface area contributed by atoms with Crippen LogP contribution in [0.25, 0.3) is 0 Å². The Bertz CT molecular complexity index is 381. The maximum Gasteiger partial charge on any atom is 0.315 e. The molecule has 2 fully saturated rings. The fraction of sp³-hybridized carbons (Fsp3) is 0.875. The lowest BCUT2D eigenvalue weighted by Gasteiger charge is -2.32. The highest BCUT2D eigenvalue weighted by atomic mass is 16.4. The molecule has 2 saturated carbocycles. The van der Waals surface area contributed by atoms with Gasteiger partial charge in [0, 0.05) is 12.6 Å². The molecule has 0 bridgehead atoms. The van der Waals surface area contributed by atoms with E-state index in [0.29, 0.717) is 24.7 Å². The van der Waals surface area contributed by atoms with Crippen molar-refractivity contribution in [3.63, 3.8) is 0 Å². The molecule has 0 aromatic rings. The van der Waals surface area contributed by atoms with Crippen LogP contribution in [0.1, 0.15) is 58.8 Å². The Morgan fingerprint density at radius 1 is 1.10 bits per heavy atom. The Morgan fingerprint density at radius 3 is 2.19 bits per heavy atom. The smallest absolute Gasteiger partial charge is 0.315 e. The molecule has 2 unspecified atom stereocenters. The van der Waals surface area contributed by atoms with Crippen LogP contribution in [0.4, 0.5) is 4.79 Å². The van der Waals surface area contributed by atoms with E-state index < -0.39 is 11.4 Å². The summed E-state index contributed by atoms with van der Waals surface area (Å²) in [6, 6.07) is 0.00179. The van der Waals surface area contributed by atoms with Gasteiger partial charge in [0.05, 0.1) is 5.41 Å². The lowest BCUT2D eigenvalue weighted by molar-refractivity contribution is -0.148. The number of rotatable bonds is 4. The summed E-state index contributed by atoms with van der Waals surface area (Å²) in [7, 11) is 0. The summed E-state index contributed by atoms with van der Waals surface area (Å²) >= 11 is 0. The molecule has 5 nitrogen and oxygen atoms in total. The maximum absolute atomic E-state index is 12.0. The molecule has 0 aliphatic heterocycles. The van der Waals surface area contributed by atoms with Gasteiger partial charge < -0.3 is 15.7 Å². The lowest BCUT2D eigenvalue weighted by atomic mass is 9.80. The van der Waals surface area contributed by atoms with E-state index >= 15 is 0 Å². The highest BCUT2D eigenvalue weighted by Gasteiger charge is 2.41. The largest absolute Gasteiger partial charge is 0.481 e. The lowest BCUT2D eigenvalue weighted by Crippen LogP contribution is -2.49. The molecule has 2 aliphatic rings. The number of aliphatic carboxylic acids is 1. The van der Waals surface area contributed by atoms with Gasteiger partial charge in [-0.05, 0) is 43.9 Å². The molecule has 0 aromatic carbocycles. The zero-order valence-electron chi connectivity index (χ0n) is 13.2. The summed E-state index contributed by atoms with van der Waals surface area (Å²) in [4.78, 5) is 23.5. The number of hydrogen-bond donors (Lipinski definition) is 3. The monoisotopic (exact) mass is 296 g/mol. The molecule has 0 spiro atoms. The van der Waals surface area contributed by atoms with Crippen LogP contribution >= 0.6 is 0 Å². The van der Waals surface area contributed by atoms with Gasteiger partial charge in [0.1, 0.15) is 0 Å². The summed E-state index contributed by atoms with van der Waals surface area (Å²) in [5.41, 5.74) is -0.746. The van der Waals surface area contributed by atoms with E-state index in [4.69, 9.17) is 0 Å². The van der Waals surface area contributed by atoms with Crippen LogP contribution in [0, 0.1) is 17.3 Å². The summed E-state index contributed by atoms with van der Waals surface area (Å²) in [6.45, 7) is 4.69. The van der Waals surface area contributed by atoms with Gasteiger partial charge in [0.15, 0.2) is 0 Å². The predicted molar refractivity (Wildman–Crippen MR) is 81.0 cm³/mol. The third kappa shape index (κ3) is 4.11. The normalized spacial score (nSPS) is 31.6. The van der Waals surface area contributed by atoms with Crippen LogP contribution < -0.4 is 10.6 Å². The molecular weight excluding hydrogens is 268 g/mol. The van der Waals surface area contributed by atoms with Crippen LogP contribution in [0.3, 0.4) is 0 Å². The molecule has 0 radical (unpaired) electrons. The first kappa shape index (κ1) is 16.1. The van der Waals surface area contributed by atoms with Gasteiger partial charge >= 0.3 is 12.0 Å². The summed E-state index contributed by atoms with van der Waals surface area (Å²) < 4.78 is 0. The van der Waals surface area contributed by atoms with Crippen molar-refractivity contribution in [2.45, 2.75) is 64.8 Å². The molecule has 2 atom stereocenters. The van der Waals surface area contributed by atoms with Gasteiger partial charge in [-0.3, -0.25) is 4.79 Å². The molecule has 21 heavy (non-hydrogen) atoms. The predicted octanol–water partition coefficient (Wildman–Crippen LogP) is 2.76. The van der Waals surface area contributed by atoms with E-state index in [1.54, 1.807) is 0 Å². The van der Waals surface area contributed by atoms with E-state index in [-0.39, 0.29) is 18.6 Å². The van der Waals surface area contributed by atoms with Crippen molar-refractivity contribution in [3.8, 4) is 0 Å². The number of carboxylic acid groups (broad SMARTS) is 1. The molecular formula is C16H28N2O3. The minimum Gasteiger partial charge on any atom is -0.481 e. The molecule has 5 heteroatoms. The Morgan fingerprint density at radius 2 is 1.67 bits per heavy atom. The first-order chi connectivity index (χ1) is 9.91.